The lowest BCUT2D eigenvalue weighted by Gasteiger charge is -2.32. The molecule has 2 aliphatic carbocycles. The van der Waals surface area contributed by atoms with Crippen LogP contribution in [0.2, 0.25) is 15.1 Å². The van der Waals surface area contributed by atoms with Gasteiger partial charge in [-0.05, 0) is 131 Å². The Morgan fingerprint density at radius 2 is 0.782 bits per heavy atom. The molecule has 0 unspecified atom stereocenters. The number of pyridine rings is 3. The second-order valence-electron chi connectivity index (χ2n) is 29.2. The number of piperazine rings is 2. The Balaban J connectivity index is 0.000000145. The third kappa shape index (κ3) is 20.2. The zero-order valence-electron chi connectivity index (χ0n) is 63.1. The molecule has 4 saturated heterocycles. The number of carbonyl (C=O) groups excluding carboxylic acids is 3. The first-order valence-corrected chi connectivity index (χ1v) is 39.5. The summed E-state index contributed by atoms with van der Waals surface area (Å²) in [6, 6.07) is 22.5. The third-order valence-electron chi connectivity index (χ3n) is 20.8. The molecule has 10 heterocycles. The first-order valence-electron chi connectivity index (χ1n) is 38.4. The van der Waals surface area contributed by atoms with Crippen LogP contribution in [0.5, 0.6) is 17.2 Å². The van der Waals surface area contributed by atoms with Crippen molar-refractivity contribution >= 4 is 137 Å². The number of ether oxygens (including phenoxy) is 4. The van der Waals surface area contributed by atoms with Crippen LogP contribution >= 0.6 is 34.8 Å². The highest BCUT2D eigenvalue weighted by atomic mass is 35.5. The Labute approximate surface area is 653 Å². The molecule has 30 heteroatoms. The summed E-state index contributed by atoms with van der Waals surface area (Å²) in [4.78, 5) is 114. The summed E-state index contributed by atoms with van der Waals surface area (Å²) in [6.07, 6.45) is 16.3. The molecule has 0 atom stereocenters. The molecule has 9 aromatic rings. The van der Waals surface area contributed by atoms with Crippen LogP contribution < -0.4 is 61.5 Å². The quantitative estimate of drug-likeness (QED) is 0.0393. The molecule has 0 spiro atoms. The number of ketones is 3. The van der Waals surface area contributed by atoms with Crippen LogP contribution in [-0.2, 0) is 38.8 Å². The first-order chi connectivity index (χ1) is 53.3. The molecule has 3 N–H and O–H groups in total. The van der Waals surface area contributed by atoms with Gasteiger partial charge in [-0.25, -0.2) is 15.0 Å². The summed E-state index contributed by atoms with van der Waals surface area (Å²) in [6.45, 7) is 17.1. The average molecular weight is 1560 g/mol. The molecule has 3 aromatic carbocycles. The minimum atomic E-state index is -0.250. The van der Waals surface area contributed by atoms with Crippen LogP contribution in [0.4, 0.5) is 52.4 Å². The summed E-state index contributed by atoms with van der Waals surface area (Å²) in [5, 5.41) is 13.7. The number of rotatable bonds is 29. The maximum absolute atomic E-state index is 13.2. The van der Waals surface area contributed by atoms with E-state index in [4.69, 9.17) is 58.7 Å². The van der Waals surface area contributed by atoms with Gasteiger partial charge in [0.1, 0.15) is 34.9 Å². The Morgan fingerprint density at radius 3 is 1.11 bits per heavy atom. The van der Waals surface area contributed by atoms with E-state index in [2.05, 4.69) is 79.5 Å². The van der Waals surface area contributed by atoms with E-state index in [9.17, 15) is 28.8 Å². The number of aryl methyl sites for hydroxylation is 2. The minimum absolute atomic E-state index is 0.0441. The molecule has 6 aromatic heterocycles. The largest absolute Gasteiger partial charge is 0.480 e. The Kier molecular flexibility index (Phi) is 26.1. The van der Waals surface area contributed by atoms with Crippen molar-refractivity contribution in [3.8, 4) is 17.2 Å². The number of halogens is 3. The van der Waals surface area contributed by atoms with Gasteiger partial charge in [-0.3, -0.25) is 28.8 Å². The molecular weight excluding hydrogens is 1470 g/mol. The van der Waals surface area contributed by atoms with Gasteiger partial charge in [-0.1, -0.05) is 81.3 Å². The van der Waals surface area contributed by atoms with Crippen molar-refractivity contribution in [3.63, 3.8) is 0 Å². The molecule has 2 saturated carbocycles. The molecule has 27 nitrogen and oxygen atoms in total. The van der Waals surface area contributed by atoms with Crippen molar-refractivity contribution in [1.29, 1.82) is 0 Å². The number of benzene rings is 3. The third-order valence-corrected chi connectivity index (χ3v) is 21.6. The molecule has 582 valence electrons. The predicted molar refractivity (Wildman–Crippen MR) is 432 cm³/mol. The van der Waals surface area contributed by atoms with Crippen molar-refractivity contribution in [2.24, 2.45) is 17.8 Å². The number of Topliss-reactive ketones (excluding diaryl/α,β-unsaturated/α-hetero) is 3. The van der Waals surface area contributed by atoms with Crippen LogP contribution in [0.25, 0.3) is 32.7 Å². The van der Waals surface area contributed by atoms with E-state index >= 15 is 0 Å². The van der Waals surface area contributed by atoms with Crippen LogP contribution in [0.1, 0.15) is 97.8 Å². The highest BCUT2D eigenvalue weighted by Gasteiger charge is 2.28. The fourth-order valence-electron chi connectivity index (χ4n) is 13.4. The zero-order chi connectivity index (χ0) is 77.0. The van der Waals surface area contributed by atoms with Gasteiger partial charge in [0.05, 0.1) is 48.4 Å². The van der Waals surface area contributed by atoms with Gasteiger partial charge in [0.2, 0.25) is 17.8 Å². The predicted octanol–water partition coefficient (Wildman–Crippen LogP) is 12.4. The van der Waals surface area contributed by atoms with Crippen molar-refractivity contribution < 1.29 is 33.3 Å². The SMILES string of the molecule is CCC(=O)COc1cc2cc(Nc3nc(N4CCCCC4)ncc3Cl)ccc2n(CCC2CC2)c1=O.CCC(=O)COc1cc2cc(Nc3nc(N4CCN(C)CC4)ncc3Cl)ccc2n(CC2COC2)c1=O.CCC(=O)COc1cc2cc(Nc3nc(N4CCN(C)CC4)ncc3Cl)ccc2n(CCC2CC2)c1=O. The van der Waals surface area contributed by atoms with Gasteiger partial charge in [0.15, 0.2) is 52.1 Å². The van der Waals surface area contributed by atoms with Gasteiger partial charge in [0, 0.05) is 143 Å². The Bertz CT molecular complexity index is 4990. The van der Waals surface area contributed by atoms with Crippen molar-refractivity contribution in [2.75, 3.05) is 143 Å². The van der Waals surface area contributed by atoms with E-state index in [-0.39, 0.29) is 77.0 Å². The highest BCUT2D eigenvalue weighted by molar-refractivity contribution is 6.33. The smallest absolute Gasteiger partial charge is 0.293 e. The number of nitrogens with zero attached hydrogens (tertiary/aromatic N) is 14. The molecule has 6 fully saturated rings. The molecule has 0 amide bonds. The van der Waals surface area contributed by atoms with E-state index in [1.807, 2.05) is 54.6 Å². The van der Waals surface area contributed by atoms with Crippen LogP contribution in [-0.4, -0.2) is 183 Å². The second kappa shape index (κ2) is 36.6. The van der Waals surface area contributed by atoms with Gasteiger partial charge in [0.25, 0.3) is 16.7 Å². The van der Waals surface area contributed by atoms with E-state index in [1.54, 1.807) is 71.3 Å². The standard InChI is InChI=1S/C27H33ClN6O3.C27H32ClN5O3.C26H31ClN6O4/c1-3-21(35)17-37-24-15-19-14-20(6-7-23(19)34(26(24)36)9-8-18-4-5-18)30-25-22(28)16-29-27(31-25)33-12-10-32(2)11-13-33;1-2-21(34)17-36-24-15-19-14-20(8-9-23(19)33(26(24)35)13-10-18-6-7-18)30-25-22(28)16-29-27(31-25)32-11-4-3-5-12-32;1-3-20(34)16-37-23-11-18-10-19(4-5-22(18)33(25(23)35)13-17-14-36-15-17)29-24-21(27)12-28-26(30-24)32-8-6-31(2)7-9-32/h6-7,14-16,18H,3-5,8-13,17H2,1-2H3,(H,29,30,31);8-9,14-16,18H,2-7,10-13,17H2,1H3,(H,29,30,31);4-5,10-12,17H,3,6-9,13-16H2,1-2H3,(H,28,29,30). The topological polar surface area (TPSA) is 284 Å². The number of hydrogen-bond donors (Lipinski definition) is 3. The van der Waals surface area contributed by atoms with Crippen molar-refractivity contribution in [3.05, 3.63) is 138 Å². The lowest BCUT2D eigenvalue weighted by atomic mass is 10.1. The van der Waals surface area contributed by atoms with Crippen LogP contribution in [0.15, 0.2) is 106 Å². The number of anilines is 9. The average Bonchev–Trinajstić information content (AvgIpc) is 1.48. The number of carbonyl (C=O) groups is 3. The molecule has 0 bridgehead atoms. The van der Waals surface area contributed by atoms with Crippen molar-refractivity contribution in [1.82, 2.24) is 53.4 Å². The summed E-state index contributed by atoms with van der Waals surface area (Å²) >= 11 is 19.3. The molecule has 15 rings (SSSR count). The number of hydrogen-bond acceptors (Lipinski definition) is 24. The van der Waals surface area contributed by atoms with Gasteiger partial charge in [-0.2, -0.15) is 15.0 Å². The fraction of sp³-hybridized carbons (Fsp3) is 0.475. The zero-order valence-corrected chi connectivity index (χ0v) is 65.4. The van der Waals surface area contributed by atoms with E-state index < -0.39 is 0 Å². The van der Waals surface area contributed by atoms with Crippen LogP contribution in [0.3, 0.4) is 0 Å². The molecule has 6 aliphatic rings. The molecule has 0 radical (unpaired) electrons. The lowest BCUT2D eigenvalue weighted by Crippen LogP contribution is -2.45. The number of nitrogens with one attached hydrogen (secondary N) is 3. The summed E-state index contributed by atoms with van der Waals surface area (Å²) < 4.78 is 27.6. The second-order valence-corrected chi connectivity index (χ2v) is 30.4. The summed E-state index contributed by atoms with van der Waals surface area (Å²) in [7, 11) is 4.21. The lowest BCUT2D eigenvalue weighted by molar-refractivity contribution is -0.121. The molecular formula is C80H96Cl3N17O10. The number of fused-ring (bicyclic) bond motifs is 3. The minimum Gasteiger partial charge on any atom is -0.480 e. The Hall–Kier alpha value is -9.51. The maximum atomic E-state index is 13.2. The van der Waals surface area contributed by atoms with Gasteiger partial charge in [-0.15, -0.1) is 0 Å². The van der Waals surface area contributed by atoms with Crippen molar-refractivity contribution in [2.45, 2.75) is 117 Å². The van der Waals surface area contributed by atoms with E-state index in [0.29, 0.717) is 114 Å². The molecule has 4 aliphatic heterocycles. The summed E-state index contributed by atoms with van der Waals surface area (Å²) in [5.74, 6) is 5.55. The van der Waals surface area contributed by atoms with Gasteiger partial charge >= 0.3 is 0 Å². The molecule has 110 heavy (non-hydrogen) atoms. The first kappa shape index (κ1) is 78.6. The number of piperidine rings is 1. The maximum Gasteiger partial charge on any atom is 0.293 e. The number of likely N-dealkylation sites (N-methyl/N-ethyl adjacent to an activating group) is 2. The monoisotopic (exact) mass is 1560 g/mol. The normalized spacial score (nSPS) is 16.2. The highest BCUT2D eigenvalue weighted by Crippen LogP contribution is 2.37. The number of aromatic nitrogens is 9. The van der Waals surface area contributed by atoms with E-state index in [1.165, 1.54) is 32.1 Å². The van der Waals surface area contributed by atoms with Crippen LogP contribution in [0, 0.1) is 17.8 Å². The van der Waals surface area contributed by atoms with Gasteiger partial charge < -0.3 is 73.1 Å². The summed E-state index contributed by atoms with van der Waals surface area (Å²) in [5.41, 5.74) is 4.12. The Morgan fingerprint density at radius 1 is 0.445 bits per heavy atom. The van der Waals surface area contributed by atoms with E-state index in [0.717, 1.165) is 141 Å². The fourth-order valence-corrected chi connectivity index (χ4v) is 13.8.